The highest BCUT2D eigenvalue weighted by Gasteiger charge is 2.19. The number of hydrogen-bond acceptors (Lipinski definition) is 3. The largest absolute Gasteiger partial charge is 0.367 e. The zero-order valence-electron chi connectivity index (χ0n) is 13.1. The first-order chi connectivity index (χ1) is 10.3. The lowest BCUT2D eigenvalue weighted by Gasteiger charge is -2.32. The van der Waals surface area contributed by atoms with E-state index in [1.165, 1.54) is 49.7 Å². The van der Waals surface area contributed by atoms with Crippen molar-refractivity contribution in [2.24, 2.45) is 0 Å². The van der Waals surface area contributed by atoms with Gasteiger partial charge in [-0.15, -0.1) is 0 Å². The van der Waals surface area contributed by atoms with Crippen molar-refractivity contribution in [3.05, 3.63) is 36.0 Å². The molecule has 0 atom stereocenters. The maximum atomic E-state index is 4.73. The van der Waals surface area contributed by atoms with Crippen LogP contribution in [0.1, 0.15) is 31.9 Å². The summed E-state index contributed by atoms with van der Waals surface area (Å²) in [6, 6.07) is 11.2. The predicted octanol–water partition coefficient (Wildman–Crippen LogP) is 3.83. The van der Waals surface area contributed by atoms with Crippen LogP contribution in [-0.4, -0.2) is 35.6 Å². The summed E-state index contributed by atoms with van der Waals surface area (Å²) in [5, 5.41) is 6.20. The predicted molar refractivity (Wildman–Crippen MR) is 89.9 cm³/mol. The van der Waals surface area contributed by atoms with E-state index >= 15 is 0 Å². The minimum atomic E-state index is 0.552. The van der Waals surface area contributed by atoms with E-state index in [9.17, 15) is 0 Å². The molecule has 0 amide bonds. The fraction of sp³-hybridized carbons (Fsp3) is 0.500. The van der Waals surface area contributed by atoms with Crippen molar-refractivity contribution >= 4 is 16.6 Å². The Labute approximate surface area is 127 Å². The summed E-state index contributed by atoms with van der Waals surface area (Å²) < 4.78 is 0. The van der Waals surface area contributed by atoms with Crippen LogP contribution in [-0.2, 0) is 0 Å². The summed E-state index contributed by atoms with van der Waals surface area (Å²) >= 11 is 0. The average molecular weight is 283 g/mol. The minimum absolute atomic E-state index is 0.552. The Hall–Kier alpha value is -1.61. The summed E-state index contributed by atoms with van der Waals surface area (Å²) in [6.45, 7) is 7.97. The molecule has 1 aromatic heterocycles. The van der Waals surface area contributed by atoms with Crippen LogP contribution >= 0.6 is 0 Å². The number of nitrogens with one attached hydrogen (secondary N) is 1. The van der Waals surface area contributed by atoms with Crippen LogP contribution in [0.2, 0.25) is 0 Å². The van der Waals surface area contributed by atoms with Gasteiger partial charge in [0.25, 0.3) is 0 Å². The molecule has 2 aromatic rings. The molecular formula is C18H25N3. The molecule has 1 aromatic carbocycles. The molecule has 112 valence electrons. The number of aryl methyl sites for hydroxylation is 1. The van der Waals surface area contributed by atoms with E-state index in [0.29, 0.717) is 6.04 Å². The summed E-state index contributed by atoms with van der Waals surface area (Å²) in [5.41, 5.74) is 1.08. The minimum Gasteiger partial charge on any atom is -0.367 e. The maximum absolute atomic E-state index is 4.73. The number of pyridine rings is 1. The molecule has 3 heteroatoms. The van der Waals surface area contributed by atoms with Gasteiger partial charge in [-0.1, -0.05) is 31.2 Å². The molecule has 0 spiro atoms. The van der Waals surface area contributed by atoms with Gasteiger partial charge in [-0.3, -0.25) is 0 Å². The SMILES string of the molecule is CCCN1CCC(Nc2nc(C)cc3ccccc23)CC1. The molecule has 21 heavy (non-hydrogen) atoms. The average Bonchev–Trinajstić information content (AvgIpc) is 2.49. The number of aromatic nitrogens is 1. The number of nitrogens with zero attached hydrogens (tertiary/aromatic N) is 2. The fourth-order valence-corrected chi connectivity index (χ4v) is 3.25. The Morgan fingerprint density at radius 3 is 2.76 bits per heavy atom. The Morgan fingerprint density at radius 1 is 1.24 bits per heavy atom. The van der Waals surface area contributed by atoms with Gasteiger partial charge in [-0.25, -0.2) is 4.98 Å². The molecule has 3 rings (SSSR count). The zero-order chi connectivity index (χ0) is 14.7. The second kappa shape index (κ2) is 6.44. The van der Waals surface area contributed by atoms with Crippen molar-refractivity contribution < 1.29 is 0 Å². The second-order valence-electron chi connectivity index (χ2n) is 6.09. The number of hydrogen-bond donors (Lipinski definition) is 1. The van der Waals surface area contributed by atoms with Crippen LogP contribution in [0, 0.1) is 6.92 Å². The molecular weight excluding hydrogens is 258 g/mol. The third kappa shape index (κ3) is 3.35. The monoisotopic (exact) mass is 283 g/mol. The number of piperidine rings is 1. The lowest BCUT2D eigenvalue weighted by atomic mass is 10.0. The normalized spacial score (nSPS) is 17.2. The van der Waals surface area contributed by atoms with E-state index in [0.717, 1.165) is 11.5 Å². The molecule has 2 heterocycles. The second-order valence-corrected chi connectivity index (χ2v) is 6.09. The maximum Gasteiger partial charge on any atom is 0.134 e. The van der Waals surface area contributed by atoms with Crippen molar-refractivity contribution in [1.82, 2.24) is 9.88 Å². The number of fused-ring (bicyclic) bond motifs is 1. The van der Waals surface area contributed by atoms with Crippen LogP contribution in [0.4, 0.5) is 5.82 Å². The molecule has 0 radical (unpaired) electrons. The molecule has 0 bridgehead atoms. The highest BCUT2D eigenvalue weighted by Crippen LogP contribution is 2.24. The van der Waals surface area contributed by atoms with Crippen LogP contribution in [0.15, 0.2) is 30.3 Å². The first kappa shape index (κ1) is 14.3. The van der Waals surface area contributed by atoms with Crippen molar-refractivity contribution in [1.29, 1.82) is 0 Å². The van der Waals surface area contributed by atoms with E-state index in [-0.39, 0.29) is 0 Å². The first-order valence-corrected chi connectivity index (χ1v) is 8.11. The first-order valence-electron chi connectivity index (χ1n) is 8.11. The Morgan fingerprint density at radius 2 is 2.00 bits per heavy atom. The van der Waals surface area contributed by atoms with E-state index < -0.39 is 0 Å². The summed E-state index contributed by atoms with van der Waals surface area (Å²) in [7, 11) is 0. The van der Waals surface area contributed by atoms with Crippen LogP contribution in [0.5, 0.6) is 0 Å². The third-order valence-electron chi connectivity index (χ3n) is 4.34. The molecule has 0 saturated carbocycles. The third-order valence-corrected chi connectivity index (χ3v) is 4.34. The lowest BCUT2D eigenvalue weighted by molar-refractivity contribution is 0.219. The number of likely N-dealkylation sites (tertiary alicyclic amines) is 1. The van der Waals surface area contributed by atoms with Crippen LogP contribution in [0.3, 0.4) is 0 Å². The summed E-state index contributed by atoms with van der Waals surface area (Å²) in [6.07, 6.45) is 3.68. The van der Waals surface area contributed by atoms with Gasteiger partial charge in [0, 0.05) is 30.2 Å². The van der Waals surface area contributed by atoms with E-state index in [1.807, 2.05) is 0 Å². The standard InChI is InChI=1S/C18H25N3/c1-3-10-21-11-8-16(9-12-21)20-18-17-7-5-4-6-15(17)13-14(2)19-18/h4-7,13,16H,3,8-12H2,1-2H3,(H,19,20). The van der Waals surface area contributed by atoms with Gasteiger partial charge in [0.1, 0.15) is 5.82 Å². The molecule has 0 unspecified atom stereocenters. The van der Waals surface area contributed by atoms with Crippen molar-refractivity contribution in [2.75, 3.05) is 25.0 Å². The van der Waals surface area contributed by atoms with Crippen LogP contribution < -0.4 is 5.32 Å². The highest BCUT2D eigenvalue weighted by atomic mass is 15.1. The van der Waals surface area contributed by atoms with Gasteiger partial charge in [0.2, 0.25) is 0 Å². The molecule has 1 aliphatic heterocycles. The van der Waals surface area contributed by atoms with Gasteiger partial charge in [-0.05, 0) is 44.2 Å². The zero-order valence-corrected chi connectivity index (χ0v) is 13.1. The number of benzene rings is 1. The summed E-state index contributed by atoms with van der Waals surface area (Å²) in [5.74, 6) is 1.06. The van der Waals surface area contributed by atoms with Crippen molar-refractivity contribution in [3.8, 4) is 0 Å². The van der Waals surface area contributed by atoms with Crippen molar-refractivity contribution in [3.63, 3.8) is 0 Å². The van der Waals surface area contributed by atoms with Gasteiger partial charge < -0.3 is 10.2 Å². The topological polar surface area (TPSA) is 28.2 Å². The molecule has 1 saturated heterocycles. The molecule has 0 aliphatic carbocycles. The smallest absolute Gasteiger partial charge is 0.134 e. The summed E-state index contributed by atoms with van der Waals surface area (Å²) in [4.78, 5) is 7.30. The van der Waals surface area contributed by atoms with Crippen molar-refractivity contribution in [2.45, 2.75) is 39.2 Å². The highest BCUT2D eigenvalue weighted by molar-refractivity contribution is 5.92. The number of anilines is 1. The Kier molecular flexibility index (Phi) is 4.39. The lowest BCUT2D eigenvalue weighted by Crippen LogP contribution is -2.39. The van der Waals surface area contributed by atoms with E-state index in [4.69, 9.17) is 4.98 Å². The van der Waals surface area contributed by atoms with E-state index in [2.05, 4.69) is 54.4 Å². The molecule has 1 fully saturated rings. The van der Waals surface area contributed by atoms with Gasteiger partial charge in [0.05, 0.1) is 0 Å². The van der Waals surface area contributed by atoms with Gasteiger partial charge >= 0.3 is 0 Å². The molecule has 3 nitrogen and oxygen atoms in total. The molecule has 1 N–H and O–H groups in total. The Bertz CT molecular complexity index is 600. The van der Waals surface area contributed by atoms with Crippen LogP contribution in [0.25, 0.3) is 10.8 Å². The Balaban J connectivity index is 1.74. The quantitative estimate of drug-likeness (QED) is 0.924. The van der Waals surface area contributed by atoms with Gasteiger partial charge in [0.15, 0.2) is 0 Å². The van der Waals surface area contributed by atoms with E-state index in [1.54, 1.807) is 0 Å². The van der Waals surface area contributed by atoms with Gasteiger partial charge in [-0.2, -0.15) is 0 Å². The molecule has 1 aliphatic rings. The fourth-order valence-electron chi connectivity index (χ4n) is 3.25. The number of rotatable bonds is 4.